The molecule has 1 saturated heterocycles. The SMILES string of the molecule is Cc1cnc(Nc2ccc(-c3cnn(C4CCOCC4)c3)c(F)c2)nc1Cc1ccc(Cl)c(CS(=O)(=O)C(C)(C)C)c1. The number of anilines is 2. The molecule has 1 aliphatic heterocycles. The molecule has 0 unspecified atom stereocenters. The zero-order chi connectivity index (χ0) is 30.1. The van der Waals surface area contributed by atoms with Gasteiger partial charge in [0.15, 0.2) is 9.84 Å². The molecular weight excluding hydrogens is 577 g/mol. The van der Waals surface area contributed by atoms with Crippen molar-refractivity contribution in [1.29, 1.82) is 0 Å². The molecule has 0 bridgehead atoms. The summed E-state index contributed by atoms with van der Waals surface area (Å²) in [5, 5.41) is 7.98. The molecule has 0 radical (unpaired) electrons. The maximum absolute atomic E-state index is 15.2. The van der Waals surface area contributed by atoms with Crippen LogP contribution in [0.25, 0.3) is 11.1 Å². The molecule has 2 aromatic carbocycles. The summed E-state index contributed by atoms with van der Waals surface area (Å²) < 4.78 is 47.2. The van der Waals surface area contributed by atoms with Crippen molar-refractivity contribution in [2.24, 2.45) is 0 Å². The fourth-order valence-corrected chi connectivity index (χ4v) is 6.11. The maximum Gasteiger partial charge on any atom is 0.227 e. The zero-order valence-corrected chi connectivity index (χ0v) is 25.8. The number of rotatable bonds is 8. The highest BCUT2D eigenvalue weighted by Crippen LogP contribution is 2.30. The molecule has 222 valence electrons. The third kappa shape index (κ3) is 6.82. The quantitative estimate of drug-likeness (QED) is 0.233. The molecular formula is C31H35ClFN5O3S. The second kappa shape index (κ2) is 12.1. The van der Waals surface area contributed by atoms with E-state index in [1.54, 1.807) is 51.4 Å². The highest BCUT2D eigenvalue weighted by Gasteiger charge is 2.29. The molecule has 42 heavy (non-hydrogen) atoms. The van der Waals surface area contributed by atoms with Crippen LogP contribution >= 0.6 is 11.6 Å². The van der Waals surface area contributed by atoms with Gasteiger partial charge >= 0.3 is 0 Å². The molecule has 0 aliphatic carbocycles. The lowest BCUT2D eigenvalue weighted by atomic mass is 10.0. The second-order valence-corrected chi connectivity index (χ2v) is 14.8. The monoisotopic (exact) mass is 611 g/mol. The van der Waals surface area contributed by atoms with Gasteiger partial charge in [-0.15, -0.1) is 0 Å². The molecule has 4 aromatic rings. The van der Waals surface area contributed by atoms with Crippen molar-refractivity contribution >= 4 is 33.1 Å². The van der Waals surface area contributed by atoms with E-state index in [-0.39, 0.29) is 17.6 Å². The highest BCUT2D eigenvalue weighted by molar-refractivity contribution is 7.91. The summed E-state index contributed by atoms with van der Waals surface area (Å²) in [5.74, 6) is -0.186. The Balaban J connectivity index is 1.31. The number of hydrogen-bond acceptors (Lipinski definition) is 7. The second-order valence-electron chi connectivity index (χ2n) is 11.7. The molecule has 0 saturated carbocycles. The summed E-state index contributed by atoms with van der Waals surface area (Å²) in [4.78, 5) is 9.05. The lowest BCUT2D eigenvalue weighted by Crippen LogP contribution is -2.29. The predicted molar refractivity (Wildman–Crippen MR) is 163 cm³/mol. The Labute approximate surface area is 251 Å². The first-order chi connectivity index (χ1) is 19.9. The summed E-state index contributed by atoms with van der Waals surface area (Å²) in [6.07, 6.45) is 7.52. The van der Waals surface area contributed by atoms with Crippen molar-refractivity contribution in [3.8, 4) is 11.1 Å². The summed E-state index contributed by atoms with van der Waals surface area (Å²) in [6.45, 7) is 8.37. The number of aromatic nitrogens is 4. The Morgan fingerprint density at radius 1 is 1.12 bits per heavy atom. The molecule has 1 N–H and O–H groups in total. The van der Waals surface area contributed by atoms with Crippen molar-refractivity contribution in [3.05, 3.63) is 88.2 Å². The van der Waals surface area contributed by atoms with E-state index in [2.05, 4.69) is 20.4 Å². The average molecular weight is 612 g/mol. The van der Waals surface area contributed by atoms with Gasteiger partial charge in [-0.2, -0.15) is 5.10 Å². The number of ether oxygens (including phenoxy) is 1. The van der Waals surface area contributed by atoms with Gasteiger partial charge in [0.05, 0.1) is 28.4 Å². The van der Waals surface area contributed by atoms with Crippen molar-refractivity contribution in [1.82, 2.24) is 19.7 Å². The number of nitrogens with one attached hydrogen (secondary N) is 1. The number of hydrogen-bond donors (Lipinski definition) is 1. The lowest BCUT2D eigenvalue weighted by Gasteiger charge is -2.22. The van der Waals surface area contributed by atoms with Crippen LogP contribution in [0, 0.1) is 12.7 Å². The summed E-state index contributed by atoms with van der Waals surface area (Å²) in [6, 6.07) is 10.6. The van der Waals surface area contributed by atoms with Crippen LogP contribution in [0.3, 0.4) is 0 Å². The number of halogens is 2. The molecule has 8 nitrogen and oxygen atoms in total. The molecule has 0 atom stereocenters. The van der Waals surface area contributed by atoms with Crippen LogP contribution in [0.15, 0.2) is 55.0 Å². The van der Waals surface area contributed by atoms with Gasteiger partial charge in [-0.3, -0.25) is 4.68 Å². The molecule has 0 spiro atoms. The number of nitrogens with zero attached hydrogens (tertiary/aromatic N) is 4. The fourth-order valence-electron chi connectivity index (χ4n) is 4.76. The van der Waals surface area contributed by atoms with Crippen molar-refractivity contribution in [2.45, 2.75) is 63.5 Å². The van der Waals surface area contributed by atoms with E-state index in [4.69, 9.17) is 16.3 Å². The Morgan fingerprint density at radius 2 is 1.88 bits per heavy atom. The van der Waals surface area contributed by atoms with E-state index in [9.17, 15) is 8.42 Å². The van der Waals surface area contributed by atoms with Crippen molar-refractivity contribution in [3.63, 3.8) is 0 Å². The van der Waals surface area contributed by atoms with Gasteiger partial charge in [0.2, 0.25) is 5.95 Å². The average Bonchev–Trinajstić information content (AvgIpc) is 3.42. The molecule has 11 heteroatoms. The predicted octanol–water partition coefficient (Wildman–Crippen LogP) is 6.84. The van der Waals surface area contributed by atoms with Crippen LogP contribution in [-0.2, 0) is 26.7 Å². The lowest BCUT2D eigenvalue weighted by molar-refractivity contribution is 0.0662. The van der Waals surface area contributed by atoms with Gasteiger partial charge in [-0.05, 0) is 81.5 Å². The van der Waals surface area contributed by atoms with Crippen LogP contribution < -0.4 is 5.32 Å². The van der Waals surface area contributed by atoms with Gasteiger partial charge in [0.25, 0.3) is 0 Å². The van der Waals surface area contributed by atoms with Gasteiger partial charge in [-0.1, -0.05) is 23.7 Å². The van der Waals surface area contributed by atoms with Crippen molar-refractivity contribution in [2.75, 3.05) is 18.5 Å². The van der Waals surface area contributed by atoms with E-state index in [0.717, 1.165) is 35.2 Å². The molecule has 5 rings (SSSR count). The van der Waals surface area contributed by atoms with Crippen LogP contribution in [-0.4, -0.2) is 46.1 Å². The Bertz CT molecular complexity index is 1700. The van der Waals surface area contributed by atoms with E-state index in [0.29, 0.717) is 47.4 Å². The first-order valence-corrected chi connectivity index (χ1v) is 15.9. The Hall–Kier alpha value is -3.34. The third-order valence-electron chi connectivity index (χ3n) is 7.54. The molecule has 1 fully saturated rings. The molecule has 2 aromatic heterocycles. The van der Waals surface area contributed by atoms with E-state index >= 15 is 4.39 Å². The number of sulfone groups is 1. The van der Waals surface area contributed by atoms with Crippen LogP contribution in [0.1, 0.15) is 62.0 Å². The summed E-state index contributed by atoms with van der Waals surface area (Å²) in [7, 11) is -3.40. The first kappa shape index (κ1) is 30.1. The van der Waals surface area contributed by atoms with Gasteiger partial charge in [-0.25, -0.2) is 22.8 Å². The molecule has 1 aliphatic rings. The minimum Gasteiger partial charge on any atom is -0.381 e. The van der Waals surface area contributed by atoms with E-state index in [1.165, 1.54) is 6.07 Å². The maximum atomic E-state index is 15.2. The van der Waals surface area contributed by atoms with Gasteiger partial charge < -0.3 is 10.1 Å². The zero-order valence-electron chi connectivity index (χ0n) is 24.2. The van der Waals surface area contributed by atoms with Crippen LogP contribution in [0.4, 0.5) is 16.0 Å². The Morgan fingerprint density at radius 3 is 2.60 bits per heavy atom. The summed E-state index contributed by atoms with van der Waals surface area (Å²) in [5.41, 5.74) is 4.78. The van der Waals surface area contributed by atoms with Gasteiger partial charge in [0, 0.05) is 53.9 Å². The third-order valence-corrected chi connectivity index (χ3v) is 10.5. The fraction of sp³-hybridized carbons (Fsp3) is 0.387. The number of aryl methyl sites for hydroxylation is 1. The van der Waals surface area contributed by atoms with Crippen LogP contribution in [0.2, 0.25) is 5.02 Å². The standard InChI is InChI=1S/C31H35ClFN5O3S/c1-20-16-34-30(37-29(20)14-21-5-8-27(32)22(13-21)19-42(39,40)31(2,3)4)36-24-6-7-26(28(33)15-24)23-17-35-38(18-23)25-9-11-41-12-10-25/h5-8,13,15-18,25H,9-12,14,19H2,1-4H3,(H,34,36,37). The normalized spacial score (nSPS) is 14.7. The van der Waals surface area contributed by atoms with Crippen molar-refractivity contribution < 1.29 is 17.5 Å². The molecule has 3 heterocycles. The van der Waals surface area contributed by atoms with E-state index < -0.39 is 14.6 Å². The highest BCUT2D eigenvalue weighted by atomic mass is 35.5. The first-order valence-electron chi connectivity index (χ1n) is 13.9. The topological polar surface area (TPSA) is 99.0 Å². The smallest absolute Gasteiger partial charge is 0.227 e. The van der Waals surface area contributed by atoms with E-state index in [1.807, 2.05) is 29.9 Å². The Kier molecular flexibility index (Phi) is 8.68. The summed E-state index contributed by atoms with van der Waals surface area (Å²) >= 11 is 6.36. The largest absolute Gasteiger partial charge is 0.381 e. The minimum atomic E-state index is -3.40. The molecule has 0 amide bonds. The van der Waals surface area contributed by atoms with Gasteiger partial charge in [0.1, 0.15) is 5.82 Å². The minimum absolute atomic E-state index is 0.142. The number of benzene rings is 2. The van der Waals surface area contributed by atoms with Crippen LogP contribution in [0.5, 0.6) is 0 Å².